The molecule has 64 valence electrons. The third-order valence-corrected chi connectivity index (χ3v) is 2.61. The predicted octanol–water partition coefficient (Wildman–Crippen LogP) is -0.773. The standard InChI is InChI=1S/C6H11NO3S/c1-2-10-6(8)5-3-11(9)4-7-5/h5,7H,2-4H2,1H3. The van der Waals surface area contributed by atoms with E-state index in [-0.39, 0.29) is 12.0 Å². The number of ether oxygens (including phenoxy) is 1. The summed E-state index contributed by atoms with van der Waals surface area (Å²) in [5, 5.41) is 2.82. The zero-order valence-electron chi connectivity index (χ0n) is 6.33. The average molecular weight is 177 g/mol. The molecular weight excluding hydrogens is 166 g/mol. The van der Waals surface area contributed by atoms with Crippen LogP contribution in [0.2, 0.25) is 0 Å². The van der Waals surface area contributed by atoms with Gasteiger partial charge < -0.3 is 4.74 Å². The first-order valence-electron chi connectivity index (χ1n) is 3.49. The average Bonchev–Trinajstić information content (AvgIpc) is 2.36. The summed E-state index contributed by atoms with van der Waals surface area (Å²) in [6.07, 6.45) is 0. The largest absolute Gasteiger partial charge is 0.465 e. The first-order valence-corrected chi connectivity index (χ1v) is 4.98. The van der Waals surface area contributed by atoms with Crippen LogP contribution in [0.3, 0.4) is 0 Å². The van der Waals surface area contributed by atoms with Gasteiger partial charge in [0.15, 0.2) is 0 Å². The minimum atomic E-state index is -0.889. The molecule has 2 atom stereocenters. The molecule has 1 fully saturated rings. The lowest BCUT2D eigenvalue weighted by molar-refractivity contribution is -0.144. The van der Waals surface area contributed by atoms with Crippen LogP contribution in [0.4, 0.5) is 0 Å². The quantitative estimate of drug-likeness (QED) is 0.563. The molecule has 11 heavy (non-hydrogen) atoms. The van der Waals surface area contributed by atoms with Crippen LogP contribution < -0.4 is 5.32 Å². The highest BCUT2D eigenvalue weighted by Crippen LogP contribution is 2.00. The van der Waals surface area contributed by atoms with Gasteiger partial charge in [-0.1, -0.05) is 0 Å². The van der Waals surface area contributed by atoms with Gasteiger partial charge in [-0.3, -0.25) is 14.3 Å². The number of carbonyl (C=O) groups excluding carboxylic acids is 1. The Morgan fingerprint density at radius 3 is 3.00 bits per heavy atom. The molecule has 1 saturated heterocycles. The third-order valence-electron chi connectivity index (χ3n) is 1.41. The van der Waals surface area contributed by atoms with Crippen LogP contribution >= 0.6 is 0 Å². The van der Waals surface area contributed by atoms with Crippen molar-refractivity contribution >= 4 is 16.8 Å². The minimum Gasteiger partial charge on any atom is -0.465 e. The fourth-order valence-corrected chi connectivity index (χ4v) is 2.02. The van der Waals surface area contributed by atoms with Crippen LogP contribution in [-0.2, 0) is 20.3 Å². The van der Waals surface area contributed by atoms with Crippen molar-refractivity contribution in [3.05, 3.63) is 0 Å². The predicted molar refractivity (Wildman–Crippen MR) is 41.4 cm³/mol. The lowest BCUT2D eigenvalue weighted by Crippen LogP contribution is -2.34. The second-order valence-electron chi connectivity index (χ2n) is 2.26. The molecule has 1 aliphatic rings. The molecule has 2 unspecified atom stereocenters. The molecule has 1 N–H and O–H groups in total. The van der Waals surface area contributed by atoms with Crippen LogP contribution in [0.15, 0.2) is 0 Å². The number of rotatable bonds is 2. The van der Waals surface area contributed by atoms with E-state index in [1.165, 1.54) is 0 Å². The molecule has 0 radical (unpaired) electrons. The first-order chi connectivity index (χ1) is 5.24. The van der Waals surface area contributed by atoms with Gasteiger partial charge in [-0.05, 0) is 6.92 Å². The van der Waals surface area contributed by atoms with Gasteiger partial charge in [0.05, 0.1) is 18.2 Å². The summed E-state index contributed by atoms with van der Waals surface area (Å²) in [6.45, 7) is 2.13. The molecule has 1 heterocycles. The maximum absolute atomic E-state index is 11.0. The summed E-state index contributed by atoms with van der Waals surface area (Å²) >= 11 is 0. The fraction of sp³-hybridized carbons (Fsp3) is 0.833. The Balaban J connectivity index is 2.37. The Bertz CT molecular complexity index is 183. The molecule has 0 spiro atoms. The molecule has 5 heteroatoms. The molecule has 1 aliphatic heterocycles. The summed E-state index contributed by atoms with van der Waals surface area (Å²) in [4.78, 5) is 11.0. The second-order valence-corrected chi connectivity index (χ2v) is 3.76. The number of hydrogen-bond donors (Lipinski definition) is 1. The highest BCUT2D eigenvalue weighted by molar-refractivity contribution is 7.85. The van der Waals surface area contributed by atoms with Gasteiger partial charge in [0.1, 0.15) is 6.04 Å². The van der Waals surface area contributed by atoms with Crippen molar-refractivity contribution in [1.82, 2.24) is 5.32 Å². The molecule has 0 aromatic rings. The van der Waals surface area contributed by atoms with Crippen LogP contribution in [0, 0.1) is 0 Å². The topological polar surface area (TPSA) is 55.4 Å². The van der Waals surface area contributed by atoms with Crippen molar-refractivity contribution in [3.8, 4) is 0 Å². The highest BCUT2D eigenvalue weighted by Gasteiger charge is 2.27. The van der Waals surface area contributed by atoms with E-state index in [2.05, 4.69) is 5.32 Å². The van der Waals surface area contributed by atoms with E-state index in [1.807, 2.05) is 0 Å². The summed E-state index contributed by atoms with van der Waals surface area (Å²) in [5.41, 5.74) is 0. The van der Waals surface area contributed by atoms with Gasteiger partial charge in [0, 0.05) is 10.8 Å². The van der Waals surface area contributed by atoms with Crippen molar-refractivity contribution in [1.29, 1.82) is 0 Å². The molecule has 0 amide bonds. The molecule has 4 nitrogen and oxygen atoms in total. The van der Waals surface area contributed by atoms with Crippen LogP contribution in [0.1, 0.15) is 6.92 Å². The van der Waals surface area contributed by atoms with E-state index in [0.717, 1.165) is 0 Å². The van der Waals surface area contributed by atoms with E-state index in [1.54, 1.807) is 6.92 Å². The number of nitrogens with one attached hydrogen (secondary N) is 1. The van der Waals surface area contributed by atoms with Crippen molar-refractivity contribution in [2.24, 2.45) is 0 Å². The minimum absolute atomic E-state index is 0.293. The monoisotopic (exact) mass is 177 g/mol. The normalized spacial score (nSPS) is 30.3. The van der Waals surface area contributed by atoms with Crippen LogP contribution in [0.5, 0.6) is 0 Å². The van der Waals surface area contributed by atoms with Gasteiger partial charge in [-0.2, -0.15) is 0 Å². The zero-order chi connectivity index (χ0) is 8.27. The summed E-state index contributed by atoms with van der Waals surface area (Å²) in [5.74, 6) is 0.501. The van der Waals surface area contributed by atoms with E-state index < -0.39 is 10.8 Å². The molecule has 1 rings (SSSR count). The summed E-state index contributed by atoms with van der Waals surface area (Å²) in [7, 11) is -0.889. The highest BCUT2D eigenvalue weighted by atomic mass is 32.2. The lowest BCUT2D eigenvalue weighted by Gasteiger charge is -2.06. The Hall–Kier alpha value is -0.420. The van der Waals surface area contributed by atoms with Crippen molar-refractivity contribution < 1.29 is 13.7 Å². The number of carbonyl (C=O) groups is 1. The maximum atomic E-state index is 11.0. The van der Waals surface area contributed by atoms with Gasteiger partial charge >= 0.3 is 5.97 Å². The van der Waals surface area contributed by atoms with Crippen LogP contribution in [-0.4, -0.2) is 34.5 Å². The Morgan fingerprint density at radius 2 is 2.55 bits per heavy atom. The van der Waals surface area contributed by atoms with E-state index in [4.69, 9.17) is 4.74 Å². The van der Waals surface area contributed by atoms with Crippen molar-refractivity contribution in [2.45, 2.75) is 13.0 Å². The maximum Gasteiger partial charge on any atom is 0.324 e. The SMILES string of the molecule is CCOC(=O)C1CS(=O)CN1. The molecule has 0 aromatic heterocycles. The summed E-state index contributed by atoms with van der Waals surface area (Å²) in [6, 6.07) is -0.351. The van der Waals surface area contributed by atoms with Crippen LogP contribution in [0.25, 0.3) is 0 Å². The first kappa shape index (κ1) is 8.67. The lowest BCUT2D eigenvalue weighted by atomic mass is 10.3. The molecule has 0 aliphatic carbocycles. The third kappa shape index (κ3) is 2.27. The molecule has 0 bridgehead atoms. The van der Waals surface area contributed by atoms with E-state index >= 15 is 0 Å². The van der Waals surface area contributed by atoms with E-state index in [9.17, 15) is 9.00 Å². The Labute approximate surface area is 67.8 Å². The van der Waals surface area contributed by atoms with Crippen molar-refractivity contribution in [3.63, 3.8) is 0 Å². The van der Waals surface area contributed by atoms with Gasteiger partial charge in [0.25, 0.3) is 0 Å². The van der Waals surface area contributed by atoms with Gasteiger partial charge in [0.2, 0.25) is 0 Å². The van der Waals surface area contributed by atoms with Crippen molar-refractivity contribution in [2.75, 3.05) is 18.2 Å². The number of esters is 1. The van der Waals surface area contributed by atoms with E-state index in [0.29, 0.717) is 18.2 Å². The van der Waals surface area contributed by atoms with Gasteiger partial charge in [-0.15, -0.1) is 0 Å². The molecule has 0 saturated carbocycles. The smallest absolute Gasteiger partial charge is 0.324 e. The molecule has 0 aromatic carbocycles. The number of hydrogen-bond acceptors (Lipinski definition) is 4. The van der Waals surface area contributed by atoms with Gasteiger partial charge in [-0.25, -0.2) is 0 Å². The summed E-state index contributed by atoms with van der Waals surface area (Å²) < 4.78 is 15.5. The Morgan fingerprint density at radius 1 is 1.82 bits per heavy atom. The Kier molecular flexibility index (Phi) is 3.02. The fourth-order valence-electron chi connectivity index (χ4n) is 0.892. The molecular formula is C6H11NO3S. The second kappa shape index (κ2) is 3.82. The zero-order valence-corrected chi connectivity index (χ0v) is 7.15.